The van der Waals surface area contributed by atoms with Crippen LogP contribution in [0.1, 0.15) is 32.9 Å². The molecule has 0 fully saturated rings. The molecule has 2 heterocycles. The largest absolute Gasteiger partial charge is 0.351 e. The Morgan fingerprint density at radius 2 is 1.85 bits per heavy atom. The highest BCUT2D eigenvalue weighted by molar-refractivity contribution is 6.06. The highest BCUT2D eigenvalue weighted by atomic mass is 16.2. The fourth-order valence-electron chi connectivity index (χ4n) is 3.43. The van der Waals surface area contributed by atoms with E-state index in [0.717, 1.165) is 27.7 Å². The SMILES string of the molecule is Cc1cc(C)c2cc(C(=O)Nc3cc(C)nn3Cc3ccccc3)[nH]c2c1. The van der Waals surface area contributed by atoms with Gasteiger partial charge in [0.2, 0.25) is 0 Å². The maximum atomic E-state index is 12.8. The van der Waals surface area contributed by atoms with Crippen LogP contribution in [-0.4, -0.2) is 20.7 Å². The summed E-state index contributed by atoms with van der Waals surface area (Å²) in [7, 11) is 0. The Labute approximate surface area is 158 Å². The van der Waals surface area contributed by atoms with E-state index in [9.17, 15) is 4.79 Å². The maximum absolute atomic E-state index is 12.8. The minimum atomic E-state index is -0.169. The molecule has 0 unspecified atom stereocenters. The van der Waals surface area contributed by atoms with Crippen LogP contribution in [0.15, 0.2) is 54.6 Å². The molecule has 4 aromatic rings. The smallest absolute Gasteiger partial charge is 0.273 e. The van der Waals surface area contributed by atoms with Gasteiger partial charge in [-0.3, -0.25) is 4.79 Å². The Morgan fingerprint density at radius 3 is 2.63 bits per heavy atom. The van der Waals surface area contributed by atoms with Gasteiger partial charge in [-0.25, -0.2) is 4.68 Å². The number of nitrogens with zero attached hydrogens (tertiary/aromatic N) is 2. The fraction of sp³-hybridized carbons (Fsp3) is 0.182. The number of amides is 1. The van der Waals surface area contributed by atoms with Crippen molar-refractivity contribution in [1.82, 2.24) is 14.8 Å². The molecule has 2 aromatic heterocycles. The average Bonchev–Trinajstić information content (AvgIpc) is 3.19. The lowest BCUT2D eigenvalue weighted by Crippen LogP contribution is -2.16. The maximum Gasteiger partial charge on any atom is 0.273 e. The summed E-state index contributed by atoms with van der Waals surface area (Å²) in [6.07, 6.45) is 0. The molecule has 5 nitrogen and oxygen atoms in total. The number of H-pyrrole nitrogens is 1. The van der Waals surface area contributed by atoms with Crippen molar-refractivity contribution in [2.75, 3.05) is 5.32 Å². The molecule has 2 aromatic carbocycles. The van der Waals surface area contributed by atoms with Crippen LogP contribution in [0.4, 0.5) is 5.82 Å². The zero-order valence-electron chi connectivity index (χ0n) is 15.7. The molecule has 0 saturated carbocycles. The summed E-state index contributed by atoms with van der Waals surface area (Å²) in [5.74, 6) is 0.519. The molecule has 0 aliphatic heterocycles. The zero-order valence-corrected chi connectivity index (χ0v) is 15.7. The molecular formula is C22H22N4O. The molecule has 27 heavy (non-hydrogen) atoms. The normalized spacial score (nSPS) is 11.1. The number of rotatable bonds is 4. The number of carbonyl (C=O) groups excluding carboxylic acids is 1. The van der Waals surface area contributed by atoms with E-state index in [1.54, 1.807) is 0 Å². The van der Waals surface area contributed by atoms with Crippen molar-refractivity contribution < 1.29 is 4.79 Å². The van der Waals surface area contributed by atoms with E-state index < -0.39 is 0 Å². The van der Waals surface area contributed by atoms with Crippen molar-refractivity contribution in [2.45, 2.75) is 27.3 Å². The van der Waals surface area contributed by atoms with Gasteiger partial charge in [0.25, 0.3) is 5.91 Å². The molecule has 136 valence electrons. The van der Waals surface area contributed by atoms with Crippen molar-refractivity contribution in [1.29, 1.82) is 0 Å². The number of benzene rings is 2. The van der Waals surface area contributed by atoms with Gasteiger partial charge in [-0.15, -0.1) is 0 Å². The molecule has 4 rings (SSSR count). The number of hydrogen-bond acceptors (Lipinski definition) is 2. The number of aryl methyl sites for hydroxylation is 3. The summed E-state index contributed by atoms with van der Waals surface area (Å²) in [6, 6.07) is 18.1. The Kier molecular flexibility index (Phi) is 4.28. The van der Waals surface area contributed by atoms with Crippen molar-refractivity contribution >= 4 is 22.6 Å². The summed E-state index contributed by atoms with van der Waals surface area (Å²) in [5, 5.41) is 8.58. The molecule has 0 bridgehead atoms. The van der Waals surface area contributed by atoms with Crippen molar-refractivity contribution in [3.8, 4) is 0 Å². The summed E-state index contributed by atoms with van der Waals surface area (Å²) in [5.41, 5.74) is 5.85. The molecule has 2 N–H and O–H groups in total. The molecule has 0 atom stereocenters. The predicted octanol–water partition coefficient (Wildman–Crippen LogP) is 4.59. The lowest BCUT2D eigenvalue weighted by atomic mass is 10.1. The van der Waals surface area contributed by atoms with Crippen molar-refractivity contribution in [2.24, 2.45) is 0 Å². The van der Waals surface area contributed by atoms with Crippen molar-refractivity contribution in [3.05, 3.63) is 82.7 Å². The summed E-state index contributed by atoms with van der Waals surface area (Å²) in [4.78, 5) is 16.0. The number of hydrogen-bond donors (Lipinski definition) is 2. The quantitative estimate of drug-likeness (QED) is 0.560. The topological polar surface area (TPSA) is 62.7 Å². The Bertz CT molecular complexity index is 1120. The number of anilines is 1. The molecule has 1 amide bonds. The number of fused-ring (bicyclic) bond motifs is 1. The lowest BCUT2D eigenvalue weighted by molar-refractivity contribution is 0.102. The highest BCUT2D eigenvalue weighted by Gasteiger charge is 2.14. The summed E-state index contributed by atoms with van der Waals surface area (Å²) in [6.45, 7) is 6.64. The first-order valence-corrected chi connectivity index (χ1v) is 8.99. The number of aromatic nitrogens is 3. The minimum absolute atomic E-state index is 0.169. The van der Waals surface area contributed by atoms with Gasteiger partial charge in [0.1, 0.15) is 11.5 Å². The van der Waals surface area contributed by atoms with E-state index in [0.29, 0.717) is 18.1 Å². The van der Waals surface area contributed by atoms with Crippen LogP contribution in [0.25, 0.3) is 10.9 Å². The number of carbonyl (C=O) groups is 1. The van der Waals surface area contributed by atoms with Crippen LogP contribution in [0.5, 0.6) is 0 Å². The Hall–Kier alpha value is -3.34. The molecule has 0 aliphatic rings. The van der Waals surface area contributed by atoms with Gasteiger partial charge in [-0.05, 0) is 49.6 Å². The van der Waals surface area contributed by atoms with E-state index in [2.05, 4.69) is 41.4 Å². The van der Waals surface area contributed by atoms with E-state index >= 15 is 0 Å². The summed E-state index contributed by atoms with van der Waals surface area (Å²) >= 11 is 0. The lowest BCUT2D eigenvalue weighted by Gasteiger charge is -2.08. The zero-order chi connectivity index (χ0) is 19.0. The summed E-state index contributed by atoms with van der Waals surface area (Å²) < 4.78 is 1.82. The van der Waals surface area contributed by atoms with Crippen LogP contribution in [0.3, 0.4) is 0 Å². The van der Waals surface area contributed by atoms with Crippen molar-refractivity contribution in [3.63, 3.8) is 0 Å². The Morgan fingerprint density at radius 1 is 1.07 bits per heavy atom. The second-order valence-corrected chi connectivity index (χ2v) is 6.99. The first-order chi connectivity index (χ1) is 13.0. The standard InChI is InChI=1S/C22H22N4O/c1-14-9-15(2)18-12-20(23-19(18)10-14)22(27)24-21-11-16(3)25-26(21)13-17-7-5-4-6-8-17/h4-12,23H,13H2,1-3H3,(H,24,27). The van der Waals surface area contributed by atoms with E-state index in [1.807, 2.05) is 54.1 Å². The first-order valence-electron chi connectivity index (χ1n) is 8.99. The fourth-order valence-corrected chi connectivity index (χ4v) is 3.43. The number of nitrogens with one attached hydrogen (secondary N) is 2. The molecule has 0 aliphatic carbocycles. The molecule has 0 spiro atoms. The van der Waals surface area contributed by atoms with Crippen LogP contribution in [0.2, 0.25) is 0 Å². The third kappa shape index (κ3) is 3.49. The molecule has 0 radical (unpaired) electrons. The van der Waals surface area contributed by atoms with Gasteiger partial charge in [0, 0.05) is 17.0 Å². The third-order valence-electron chi connectivity index (χ3n) is 4.65. The van der Waals surface area contributed by atoms with Crippen LogP contribution >= 0.6 is 0 Å². The highest BCUT2D eigenvalue weighted by Crippen LogP contribution is 2.22. The monoisotopic (exact) mass is 358 g/mol. The van der Waals surface area contributed by atoms with Gasteiger partial charge in [0.15, 0.2) is 0 Å². The second kappa shape index (κ2) is 6.76. The molecule has 5 heteroatoms. The van der Waals surface area contributed by atoms with Gasteiger partial charge >= 0.3 is 0 Å². The number of aromatic amines is 1. The van der Waals surface area contributed by atoms with E-state index in [-0.39, 0.29) is 5.91 Å². The van der Waals surface area contributed by atoms with Crippen LogP contribution in [0, 0.1) is 20.8 Å². The van der Waals surface area contributed by atoms with Crippen LogP contribution in [-0.2, 0) is 6.54 Å². The van der Waals surface area contributed by atoms with Gasteiger partial charge < -0.3 is 10.3 Å². The Balaban J connectivity index is 1.61. The van der Waals surface area contributed by atoms with Gasteiger partial charge in [-0.2, -0.15) is 5.10 Å². The molecular weight excluding hydrogens is 336 g/mol. The average molecular weight is 358 g/mol. The van der Waals surface area contributed by atoms with Crippen LogP contribution < -0.4 is 5.32 Å². The van der Waals surface area contributed by atoms with Gasteiger partial charge in [-0.1, -0.05) is 36.4 Å². The second-order valence-electron chi connectivity index (χ2n) is 6.99. The van der Waals surface area contributed by atoms with E-state index in [1.165, 1.54) is 5.56 Å². The minimum Gasteiger partial charge on any atom is -0.351 e. The predicted molar refractivity (Wildman–Crippen MR) is 108 cm³/mol. The van der Waals surface area contributed by atoms with E-state index in [4.69, 9.17) is 0 Å². The molecule has 0 saturated heterocycles. The van der Waals surface area contributed by atoms with Gasteiger partial charge in [0.05, 0.1) is 12.2 Å². The first kappa shape index (κ1) is 17.1. The third-order valence-corrected chi connectivity index (χ3v) is 4.65.